The highest BCUT2D eigenvalue weighted by atomic mass is 16.5. The van der Waals surface area contributed by atoms with Crippen molar-refractivity contribution in [2.24, 2.45) is 0 Å². The molecule has 104 valence electrons. The van der Waals surface area contributed by atoms with Gasteiger partial charge in [-0.05, 0) is 30.2 Å². The average molecular weight is 272 g/mol. The Morgan fingerprint density at radius 3 is 2.70 bits per heavy atom. The molecule has 0 saturated carbocycles. The molecule has 0 aliphatic rings. The number of aryl methyl sites for hydroxylation is 1. The Kier molecular flexibility index (Phi) is 4.55. The van der Waals surface area contributed by atoms with Crippen LogP contribution < -0.4 is 5.32 Å². The normalized spacial score (nSPS) is 10.1. The van der Waals surface area contributed by atoms with Crippen molar-refractivity contribution in [3.8, 4) is 0 Å². The molecule has 0 aliphatic heterocycles. The molecule has 5 heteroatoms. The molecule has 20 heavy (non-hydrogen) atoms. The summed E-state index contributed by atoms with van der Waals surface area (Å²) in [5.41, 5.74) is 2.48. The Hall–Kier alpha value is -2.56. The summed E-state index contributed by atoms with van der Waals surface area (Å²) >= 11 is 0. The van der Waals surface area contributed by atoms with Crippen molar-refractivity contribution < 1.29 is 14.3 Å². The van der Waals surface area contributed by atoms with Crippen LogP contribution in [-0.4, -0.2) is 23.5 Å². The smallest absolute Gasteiger partial charge is 0.355 e. The topological polar surface area (TPSA) is 71.2 Å². The summed E-state index contributed by atoms with van der Waals surface area (Å²) in [4.78, 5) is 25.8. The number of carbonyl (C=O) groups excluding carboxylic acids is 2. The molecule has 0 saturated heterocycles. The summed E-state index contributed by atoms with van der Waals surface area (Å²) in [6, 6.07) is 11.1. The van der Waals surface area contributed by atoms with Crippen LogP contribution in [0.3, 0.4) is 0 Å². The first kappa shape index (κ1) is 13.9. The molecule has 5 nitrogen and oxygen atoms in total. The number of benzene rings is 1. The number of aromatic amines is 1. The molecule has 1 amide bonds. The zero-order valence-electron chi connectivity index (χ0n) is 11.2. The van der Waals surface area contributed by atoms with E-state index in [-0.39, 0.29) is 12.5 Å². The van der Waals surface area contributed by atoms with Gasteiger partial charge in [0.15, 0.2) is 6.61 Å². The maximum atomic E-state index is 11.6. The number of carbonyl (C=O) groups is 2. The van der Waals surface area contributed by atoms with Crippen LogP contribution in [0.1, 0.15) is 21.6 Å². The van der Waals surface area contributed by atoms with Gasteiger partial charge in [0, 0.05) is 12.7 Å². The highest BCUT2D eigenvalue weighted by molar-refractivity contribution is 5.89. The largest absolute Gasteiger partial charge is 0.451 e. The van der Waals surface area contributed by atoms with Crippen LogP contribution in [0.15, 0.2) is 42.6 Å². The summed E-state index contributed by atoms with van der Waals surface area (Å²) in [6.07, 6.45) is 1.62. The van der Waals surface area contributed by atoms with Crippen LogP contribution >= 0.6 is 0 Å². The van der Waals surface area contributed by atoms with E-state index in [0.717, 1.165) is 11.1 Å². The third-order valence-corrected chi connectivity index (χ3v) is 2.89. The fraction of sp³-hybridized carbons (Fsp3) is 0.200. The minimum Gasteiger partial charge on any atom is -0.451 e. The van der Waals surface area contributed by atoms with E-state index in [2.05, 4.69) is 10.3 Å². The molecule has 0 fully saturated rings. The lowest BCUT2D eigenvalue weighted by Crippen LogP contribution is -2.28. The summed E-state index contributed by atoms with van der Waals surface area (Å²) in [5.74, 6) is -0.866. The van der Waals surface area contributed by atoms with E-state index in [1.54, 1.807) is 18.3 Å². The molecule has 1 heterocycles. The summed E-state index contributed by atoms with van der Waals surface area (Å²) in [6.45, 7) is 2.11. The van der Waals surface area contributed by atoms with Gasteiger partial charge in [-0.25, -0.2) is 4.79 Å². The number of ether oxygens (including phenoxy) is 1. The number of aromatic nitrogens is 1. The molecular formula is C15H16N2O3. The zero-order chi connectivity index (χ0) is 14.4. The van der Waals surface area contributed by atoms with Crippen molar-refractivity contribution in [1.82, 2.24) is 10.3 Å². The first-order valence-electron chi connectivity index (χ1n) is 6.28. The van der Waals surface area contributed by atoms with Gasteiger partial charge in [-0.15, -0.1) is 0 Å². The SMILES string of the molecule is Cc1ccccc1CNC(=O)COC(=O)c1ccc[nH]1. The van der Waals surface area contributed by atoms with Crippen molar-refractivity contribution >= 4 is 11.9 Å². The van der Waals surface area contributed by atoms with Crippen molar-refractivity contribution in [3.05, 3.63) is 59.4 Å². The fourth-order valence-electron chi connectivity index (χ4n) is 1.72. The van der Waals surface area contributed by atoms with E-state index < -0.39 is 5.97 Å². The summed E-state index contributed by atoms with van der Waals surface area (Å²) in [5, 5.41) is 2.71. The van der Waals surface area contributed by atoms with Crippen LogP contribution in [-0.2, 0) is 16.1 Å². The Morgan fingerprint density at radius 1 is 1.20 bits per heavy atom. The van der Waals surface area contributed by atoms with Gasteiger partial charge in [0.1, 0.15) is 5.69 Å². The second kappa shape index (κ2) is 6.56. The second-order valence-electron chi connectivity index (χ2n) is 4.36. The quantitative estimate of drug-likeness (QED) is 0.815. The molecule has 1 aromatic heterocycles. The molecule has 2 N–H and O–H groups in total. The van der Waals surface area contributed by atoms with Gasteiger partial charge >= 0.3 is 5.97 Å². The second-order valence-corrected chi connectivity index (χ2v) is 4.36. The summed E-state index contributed by atoms with van der Waals surface area (Å²) in [7, 11) is 0. The highest BCUT2D eigenvalue weighted by Crippen LogP contribution is 2.06. The van der Waals surface area contributed by atoms with Crippen LogP contribution in [0, 0.1) is 6.92 Å². The number of nitrogens with one attached hydrogen (secondary N) is 2. The number of H-pyrrole nitrogens is 1. The predicted molar refractivity (Wildman–Crippen MR) is 74.1 cm³/mol. The van der Waals surface area contributed by atoms with E-state index >= 15 is 0 Å². The molecular weight excluding hydrogens is 256 g/mol. The van der Waals surface area contributed by atoms with Gasteiger partial charge in [-0.1, -0.05) is 24.3 Å². The Bertz CT molecular complexity index is 591. The number of hydrogen-bond acceptors (Lipinski definition) is 3. The van der Waals surface area contributed by atoms with Gasteiger partial charge in [-0.3, -0.25) is 4.79 Å². The maximum absolute atomic E-state index is 11.6. The Morgan fingerprint density at radius 2 is 2.00 bits per heavy atom. The first-order chi connectivity index (χ1) is 9.66. The lowest BCUT2D eigenvalue weighted by Gasteiger charge is -2.08. The number of hydrogen-bond donors (Lipinski definition) is 2. The fourth-order valence-corrected chi connectivity index (χ4v) is 1.72. The summed E-state index contributed by atoms with van der Waals surface area (Å²) < 4.78 is 4.88. The third kappa shape index (κ3) is 3.71. The monoisotopic (exact) mass is 272 g/mol. The van der Waals surface area contributed by atoms with Crippen molar-refractivity contribution in [2.45, 2.75) is 13.5 Å². The van der Waals surface area contributed by atoms with Gasteiger partial charge < -0.3 is 15.0 Å². The lowest BCUT2D eigenvalue weighted by molar-refractivity contribution is -0.124. The molecule has 2 rings (SSSR count). The average Bonchev–Trinajstić information content (AvgIpc) is 2.98. The molecule has 0 unspecified atom stereocenters. The Labute approximate surface area is 117 Å². The van der Waals surface area contributed by atoms with E-state index in [9.17, 15) is 9.59 Å². The van der Waals surface area contributed by atoms with E-state index in [1.165, 1.54) is 0 Å². The number of esters is 1. The molecule has 1 aromatic carbocycles. The van der Waals surface area contributed by atoms with Gasteiger partial charge in [-0.2, -0.15) is 0 Å². The van der Waals surface area contributed by atoms with Crippen molar-refractivity contribution in [2.75, 3.05) is 6.61 Å². The molecule has 0 bridgehead atoms. The maximum Gasteiger partial charge on any atom is 0.355 e. The molecule has 0 spiro atoms. The van der Waals surface area contributed by atoms with E-state index in [1.807, 2.05) is 31.2 Å². The lowest BCUT2D eigenvalue weighted by atomic mass is 10.1. The minimum absolute atomic E-state index is 0.288. The first-order valence-corrected chi connectivity index (χ1v) is 6.28. The van der Waals surface area contributed by atoms with Gasteiger partial charge in [0.05, 0.1) is 0 Å². The number of amides is 1. The van der Waals surface area contributed by atoms with Crippen LogP contribution in [0.2, 0.25) is 0 Å². The van der Waals surface area contributed by atoms with Crippen molar-refractivity contribution in [3.63, 3.8) is 0 Å². The molecule has 0 aliphatic carbocycles. The zero-order valence-corrected chi connectivity index (χ0v) is 11.2. The molecule has 0 atom stereocenters. The molecule has 0 radical (unpaired) electrons. The highest BCUT2D eigenvalue weighted by Gasteiger charge is 2.10. The van der Waals surface area contributed by atoms with Crippen molar-refractivity contribution in [1.29, 1.82) is 0 Å². The van der Waals surface area contributed by atoms with Crippen LogP contribution in [0.4, 0.5) is 0 Å². The van der Waals surface area contributed by atoms with Crippen LogP contribution in [0.25, 0.3) is 0 Å². The van der Waals surface area contributed by atoms with E-state index in [0.29, 0.717) is 12.2 Å². The van der Waals surface area contributed by atoms with Gasteiger partial charge in [0.2, 0.25) is 0 Å². The van der Waals surface area contributed by atoms with Crippen LogP contribution in [0.5, 0.6) is 0 Å². The Balaban J connectivity index is 1.76. The number of rotatable bonds is 5. The minimum atomic E-state index is -0.541. The molecule has 2 aromatic rings. The standard InChI is InChI=1S/C15H16N2O3/c1-11-5-2-3-6-12(11)9-17-14(18)10-20-15(19)13-7-4-8-16-13/h2-8,16H,9-10H2,1H3,(H,17,18). The third-order valence-electron chi connectivity index (χ3n) is 2.89. The predicted octanol–water partition coefficient (Wildman–Crippen LogP) is 1.80. The van der Waals surface area contributed by atoms with E-state index in [4.69, 9.17) is 4.74 Å². The van der Waals surface area contributed by atoms with Gasteiger partial charge in [0.25, 0.3) is 5.91 Å².